The molecule has 3 heteroatoms. The third kappa shape index (κ3) is 2.83. The van der Waals surface area contributed by atoms with Gasteiger partial charge in [0.25, 0.3) is 0 Å². The number of hydrogen-bond donors (Lipinski definition) is 2. The van der Waals surface area contributed by atoms with Gasteiger partial charge >= 0.3 is 0 Å². The van der Waals surface area contributed by atoms with Crippen molar-refractivity contribution in [2.45, 2.75) is 17.2 Å². The highest BCUT2D eigenvalue weighted by Crippen LogP contribution is 2.39. The van der Waals surface area contributed by atoms with Crippen molar-refractivity contribution in [2.75, 3.05) is 17.7 Å². The predicted octanol–water partition coefficient (Wildman–Crippen LogP) is 4.59. The first-order valence-corrected chi connectivity index (χ1v) is 7.62. The Hall–Kier alpha value is -1.87. The van der Waals surface area contributed by atoms with Crippen LogP contribution in [0.15, 0.2) is 53.4 Å². The first kappa shape index (κ1) is 13.1. The summed E-state index contributed by atoms with van der Waals surface area (Å²) in [6.45, 7) is 2.13. The van der Waals surface area contributed by atoms with Gasteiger partial charge < -0.3 is 10.6 Å². The van der Waals surface area contributed by atoms with Crippen molar-refractivity contribution in [1.82, 2.24) is 0 Å². The summed E-state index contributed by atoms with van der Waals surface area (Å²) in [6.07, 6.45) is 4.39. The fraction of sp³-hybridized carbons (Fsp3) is 0.176. The fourth-order valence-electron chi connectivity index (χ4n) is 2.21. The molecule has 0 fully saturated rings. The molecule has 0 amide bonds. The van der Waals surface area contributed by atoms with Gasteiger partial charge in [-0.15, -0.1) is 0 Å². The number of hydrogen-bond acceptors (Lipinski definition) is 3. The Morgan fingerprint density at radius 1 is 1.15 bits per heavy atom. The summed E-state index contributed by atoms with van der Waals surface area (Å²) in [7, 11) is 1.93. The highest BCUT2D eigenvalue weighted by atomic mass is 32.2. The quantitative estimate of drug-likeness (QED) is 0.860. The molecule has 2 nitrogen and oxygen atoms in total. The number of benzene rings is 2. The van der Waals surface area contributed by atoms with Crippen LogP contribution in [0.3, 0.4) is 0 Å². The van der Waals surface area contributed by atoms with Crippen LogP contribution in [0, 0.1) is 6.92 Å². The first-order valence-electron chi connectivity index (χ1n) is 6.74. The summed E-state index contributed by atoms with van der Waals surface area (Å²) >= 11 is 1.87. The Morgan fingerprint density at radius 2 is 1.95 bits per heavy atom. The Morgan fingerprint density at radius 3 is 2.70 bits per heavy atom. The van der Waals surface area contributed by atoms with Gasteiger partial charge in [0.05, 0.1) is 5.37 Å². The number of nitrogens with one attached hydrogen (secondary N) is 2. The van der Waals surface area contributed by atoms with E-state index in [0.29, 0.717) is 5.37 Å². The Bertz CT molecular complexity index is 632. The molecule has 20 heavy (non-hydrogen) atoms. The average Bonchev–Trinajstić information content (AvgIpc) is 2.87. The predicted molar refractivity (Wildman–Crippen MR) is 89.5 cm³/mol. The zero-order valence-electron chi connectivity index (χ0n) is 11.7. The van der Waals surface area contributed by atoms with Gasteiger partial charge in [0.15, 0.2) is 0 Å². The minimum absolute atomic E-state index is 0.316. The van der Waals surface area contributed by atoms with Gasteiger partial charge in [-0.1, -0.05) is 42.1 Å². The van der Waals surface area contributed by atoms with Crippen LogP contribution < -0.4 is 10.6 Å². The average molecular weight is 282 g/mol. The molecule has 102 valence electrons. The molecule has 0 aliphatic carbocycles. The monoisotopic (exact) mass is 282 g/mol. The summed E-state index contributed by atoms with van der Waals surface area (Å²) in [5.74, 6) is 0. The second-order valence-corrected chi connectivity index (χ2v) is 6.10. The van der Waals surface area contributed by atoms with Crippen LogP contribution >= 0.6 is 11.8 Å². The van der Waals surface area contributed by atoms with E-state index in [4.69, 9.17) is 0 Å². The van der Waals surface area contributed by atoms with Gasteiger partial charge in [0.1, 0.15) is 0 Å². The maximum absolute atomic E-state index is 3.52. The number of anilines is 2. The Balaban J connectivity index is 1.69. The Labute approximate surface area is 124 Å². The molecule has 2 aromatic rings. The highest BCUT2D eigenvalue weighted by Gasteiger charge is 2.18. The third-order valence-electron chi connectivity index (χ3n) is 3.35. The van der Waals surface area contributed by atoms with Crippen molar-refractivity contribution in [3.05, 3.63) is 59.7 Å². The van der Waals surface area contributed by atoms with Crippen LogP contribution in [-0.4, -0.2) is 12.4 Å². The van der Waals surface area contributed by atoms with E-state index in [0.717, 1.165) is 5.69 Å². The van der Waals surface area contributed by atoms with Crippen molar-refractivity contribution in [1.29, 1.82) is 0 Å². The second kappa shape index (κ2) is 5.63. The van der Waals surface area contributed by atoms with Gasteiger partial charge in [-0.2, -0.15) is 0 Å². The summed E-state index contributed by atoms with van der Waals surface area (Å²) < 4.78 is 0. The molecular formula is C17H18N2S. The lowest BCUT2D eigenvalue weighted by Gasteiger charge is -2.04. The third-order valence-corrected chi connectivity index (χ3v) is 4.47. The summed E-state index contributed by atoms with van der Waals surface area (Å²) in [6, 6.07) is 15.0. The lowest BCUT2D eigenvalue weighted by molar-refractivity contribution is 1.27. The van der Waals surface area contributed by atoms with Crippen LogP contribution in [0.1, 0.15) is 11.1 Å². The lowest BCUT2D eigenvalue weighted by Crippen LogP contribution is -2.05. The number of aryl methyl sites for hydroxylation is 1. The molecule has 0 bridgehead atoms. The molecule has 1 unspecified atom stereocenters. The number of fused-ring (bicyclic) bond motifs is 1. The minimum atomic E-state index is 0.316. The molecule has 1 atom stereocenters. The summed E-state index contributed by atoms with van der Waals surface area (Å²) in [5.41, 5.74) is 4.91. The summed E-state index contributed by atoms with van der Waals surface area (Å²) in [4.78, 5) is 1.34. The molecule has 3 rings (SSSR count). The van der Waals surface area contributed by atoms with E-state index in [-0.39, 0.29) is 0 Å². The zero-order valence-corrected chi connectivity index (χ0v) is 12.5. The molecule has 1 heterocycles. The molecule has 2 N–H and O–H groups in total. The van der Waals surface area contributed by atoms with E-state index < -0.39 is 0 Å². The molecule has 0 aromatic heterocycles. The largest absolute Gasteiger partial charge is 0.388 e. The van der Waals surface area contributed by atoms with Crippen LogP contribution in [0.25, 0.3) is 6.08 Å². The smallest absolute Gasteiger partial charge is 0.0960 e. The molecule has 1 aliphatic heterocycles. The zero-order chi connectivity index (χ0) is 13.9. The SMILES string of the molecule is CNc1ccc(/C=C/C2Nc3ccc(C)cc3S2)cc1. The minimum Gasteiger partial charge on any atom is -0.388 e. The summed E-state index contributed by atoms with van der Waals surface area (Å²) in [5, 5.41) is 6.96. The first-order chi connectivity index (χ1) is 9.74. The maximum atomic E-state index is 3.52. The fourth-order valence-corrected chi connectivity index (χ4v) is 3.34. The van der Waals surface area contributed by atoms with Gasteiger partial charge in [-0.25, -0.2) is 0 Å². The maximum Gasteiger partial charge on any atom is 0.0960 e. The molecule has 1 aliphatic rings. The Kier molecular flexibility index (Phi) is 3.70. The molecule has 0 saturated carbocycles. The van der Waals surface area contributed by atoms with E-state index >= 15 is 0 Å². The molecule has 0 saturated heterocycles. The molecule has 0 spiro atoms. The van der Waals surface area contributed by atoms with E-state index in [2.05, 4.69) is 72.2 Å². The highest BCUT2D eigenvalue weighted by molar-refractivity contribution is 8.00. The molecular weight excluding hydrogens is 264 g/mol. The van der Waals surface area contributed by atoms with Gasteiger partial charge in [0, 0.05) is 23.3 Å². The van der Waals surface area contributed by atoms with Crippen molar-refractivity contribution in [3.63, 3.8) is 0 Å². The molecule has 2 aromatic carbocycles. The van der Waals surface area contributed by atoms with Gasteiger partial charge in [0.2, 0.25) is 0 Å². The topological polar surface area (TPSA) is 24.1 Å². The van der Waals surface area contributed by atoms with E-state index in [1.165, 1.54) is 21.7 Å². The van der Waals surface area contributed by atoms with E-state index in [1.807, 2.05) is 18.8 Å². The van der Waals surface area contributed by atoms with Crippen molar-refractivity contribution >= 4 is 29.2 Å². The normalized spacial score (nSPS) is 17.0. The number of thioether (sulfide) groups is 1. The van der Waals surface area contributed by atoms with E-state index in [1.54, 1.807) is 0 Å². The van der Waals surface area contributed by atoms with Crippen molar-refractivity contribution < 1.29 is 0 Å². The van der Waals surface area contributed by atoms with Crippen LogP contribution in [-0.2, 0) is 0 Å². The van der Waals surface area contributed by atoms with Gasteiger partial charge in [-0.3, -0.25) is 0 Å². The van der Waals surface area contributed by atoms with Crippen molar-refractivity contribution in [3.8, 4) is 0 Å². The van der Waals surface area contributed by atoms with Crippen LogP contribution in [0.4, 0.5) is 11.4 Å². The van der Waals surface area contributed by atoms with Crippen LogP contribution in [0.5, 0.6) is 0 Å². The lowest BCUT2D eigenvalue weighted by atomic mass is 10.2. The van der Waals surface area contributed by atoms with Crippen LogP contribution in [0.2, 0.25) is 0 Å². The van der Waals surface area contributed by atoms with E-state index in [9.17, 15) is 0 Å². The second-order valence-electron chi connectivity index (χ2n) is 4.91. The standard InChI is InChI=1S/C17H18N2S/c1-12-3-9-15-16(11-12)20-17(19-15)10-6-13-4-7-14(18-2)8-5-13/h3-11,17-19H,1-2H3/b10-6+. The van der Waals surface area contributed by atoms with Crippen molar-refractivity contribution in [2.24, 2.45) is 0 Å². The number of rotatable bonds is 3. The van der Waals surface area contributed by atoms with Gasteiger partial charge in [-0.05, 0) is 42.3 Å². The molecule has 0 radical (unpaired) electrons.